The average Bonchev–Trinajstić information content (AvgIpc) is 2.95. The molecule has 1 aromatic heterocycles. The summed E-state index contributed by atoms with van der Waals surface area (Å²) < 4.78 is 12.9. The molecule has 0 unspecified atom stereocenters. The summed E-state index contributed by atoms with van der Waals surface area (Å²) in [6.07, 6.45) is 1.15. The van der Waals surface area contributed by atoms with E-state index in [1.807, 2.05) is 12.1 Å². The minimum atomic E-state index is -0.207. The molecule has 76 valence electrons. The van der Waals surface area contributed by atoms with Crippen molar-refractivity contribution in [3.63, 3.8) is 0 Å². The summed E-state index contributed by atoms with van der Waals surface area (Å²) in [6, 6.07) is 8.65. The first kappa shape index (κ1) is 9.28. The third-order valence-corrected chi connectivity index (χ3v) is 3.78. The van der Waals surface area contributed by atoms with Crippen LogP contribution >= 0.6 is 15.9 Å². The fourth-order valence-corrected chi connectivity index (χ4v) is 2.46. The van der Waals surface area contributed by atoms with E-state index in [0.29, 0.717) is 10.7 Å². The van der Waals surface area contributed by atoms with Gasteiger partial charge >= 0.3 is 0 Å². The van der Waals surface area contributed by atoms with E-state index in [0.717, 1.165) is 23.0 Å². The molecule has 3 heteroatoms. The minimum absolute atomic E-state index is 0.207. The first-order chi connectivity index (χ1) is 7.24. The lowest BCUT2D eigenvalue weighted by Crippen LogP contribution is -1.89. The second-order valence-corrected chi connectivity index (χ2v) is 5.11. The summed E-state index contributed by atoms with van der Waals surface area (Å²) in [7, 11) is 0. The number of alkyl halides is 1. The Labute approximate surface area is 95.5 Å². The Morgan fingerprint density at radius 2 is 2.07 bits per heavy atom. The molecule has 0 radical (unpaired) electrons. The number of aromatic nitrogens is 1. The van der Waals surface area contributed by atoms with Gasteiger partial charge in [-0.15, -0.1) is 0 Å². The maximum atomic E-state index is 12.9. The van der Waals surface area contributed by atoms with Crippen molar-refractivity contribution in [2.45, 2.75) is 17.2 Å². The molecule has 0 N–H and O–H groups in total. The largest absolute Gasteiger partial charge is 0.253 e. The summed E-state index contributed by atoms with van der Waals surface area (Å²) in [6.45, 7) is 0. The van der Waals surface area contributed by atoms with Crippen LogP contribution in [0.4, 0.5) is 4.39 Å². The van der Waals surface area contributed by atoms with Crippen molar-refractivity contribution in [1.29, 1.82) is 0 Å². The number of fused-ring (bicyclic) bond motifs is 1. The zero-order valence-electron chi connectivity index (χ0n) is 7.95. The third-order valence-electron chi connectivity index (χ3n) is 2.77. The molecule has 3 rings (SSSR count). The number of pyridine rings is 1. The molecule has 1 aromatic carbocycles. The second kappa shape index (κ2) is 3.27. The van der Waals surface area contributed by atoms with Crippen LogP contribution in [0.15, 0.2) is 30.3 Å². The van der Waals surface area contributed by atoms with Gasteiger partial charge in [0.1, 0.15) is 5.82 Å². The lowest BCUT2D eigenvalue weighted by atomic mass is 10.1. The van der Waals surface area contributed by atoms with E-state index in [2.05, 4.69) is 20.9 Å². The van der Waals surface area contributed by atoms with Crippen LogP contribution in [0.5, 0.6) is 0 Å². The molecule has 0 spiro atoms. The lowest BCUT2D eigenvalue weighted by Gasteiger charge is -2.01. The van der Waals surface area contributed by atoms with Crippen LogP contribution in [0, 0.1) is 5.82 Å². The van der Waals surface area contributed by atoms with Gasteiger partial charge < -0.3 is 0 Å². The van der Waals surface area contributed by atoms with Gasteiger partial charge in [0.05, 0.1) is 5.52 Å². The molecule has 0 bridgehead atoms. The Morgan fingerprint density at radius 3 is 2.80 bits per heavy atom. The number of nitrogens with zero attached hydrogens (tertiary/aromatic N) is 1. The van der Waals surface area contributed by atoms with Gasteiger partial charge in [-0.3, -0.25) is 4.98 Å². The molecule has 0 saturated heterocycles. The normalized spacial score (nSPS) is 24.4. The number of halogens is 2. The Balaban J connectivity index is 2.10. The van der Waals surface area contributed by atoms with E-state index in [9.17, 15) is 4.39 Å². The van der Waals surface area contributed by atoms with Crippen LogP contribution in [-0.2, 0) is 0 Å². The topological polar surface area (TPSA) is 12.9 Å². The molecule has 15 heavy (non-hydrogen) atoms. The SMILES string of the molecule is Fc1ccc2nc([C@@H]3C[C@@H]3Br)ccc2c1. The monoisotopic (exact) mass is 265 g/mol. The van der Waals surface area contributed by atoms with Gasteiger partial charge in [0.25, 0.3) is 0 Å². The zero-order valence-corrected chi connectivity index (χ0v) is 9.54. The van der Waals surface area contributed by atoms with E-state index in [-0.39, 0.29) is 5.82 Å². The molecule has 1 aliphatic carbocycles. The Morgan fingerprint density at radius 1 is 1.27 bits per heavy atom. The molecule has 1 heterocycles. The van der Waals surface area contributed by atoms with Gasteiger partial charge in [0, 0.05) is 21.8 Å². The van der Waals surface area contributed by atoms with Crippen molar-refractivity contribution >= 4 is 26.8 Å². The molecular weight excluding hydrogens is 257 g/mol. The number of hydrogen-bond acceptors (Lipinski definition) is 1. The van der Waals surface area contributed by atoms with Gasteiger partial charge in [-0.1, -0.05) is 22.0 Å². The Kier molecular flexibility index (Phi) is 2.02. The maximum Gasteiger partial charge on any atom is 0.123 e. The van der Waals surface area contributed by atoms with Crippen LogP contribution in [0.3, 0.4) is 0 Å². The molecule has 0 amide bonds. The highest BCUT2D eigenvalue weighted by molar-refractivity contribution is 9.09. The highest BCUT2D eigenvalue weighted by Crippen LogP contribution is 2.45. The molecule has 2 atom stereocenters. The van der Waals surface area contributed by atoms with Crippen LogP contribution < -0.4 is 0 Å². The van der Waals surface area contributed by atoms with E-state index < -0.39 is 0 Å². The van der Waals surface area contributed by atoms with Crippen LogP contribution in [0.25, 0.3) is 10.9 Å². The van der Waals surface area contributed by atoms with Crippen molar-refractivity contribution in [3.05, 3.63) is 41.8 Å². The van der Waals surface area contributed by atoms with Gasteiger partial charge in [0.15, 0.2) is 0 Å². The van der Waals surface area contributed by atoms with Crippen LogP contribution in [0.1, 0.15) is 18.0 Å². The molecule has 1 fully saturated rings. The van der Waals surface area contributed by atoms with Gasteiger partial charge in [-0.25, -0.2) is 4.39 Å². The van der Waals surface area contributed by atoms with E-state index in [4.69, 9.17) is 0 Å². The summed E-state index contributed by atoms with van der Waals surface area (Å²) >= 11 is 3.56. The predicted octanol–water partition coefficient (Wildman–Crippen LogP) is 3.62. The number of rotatable bonds is 1. The molecule has 1 saturated carbocycles. The van der Waals surface area contributed by atoms with Crippen molar-refractivity contribution < 1.29 is 4.39 Å². The summed E-state index contributed by atoms with van der Waals surface area (Å²) in [5.41, 5.74) is 1.98. The van der Waals surface area contributed by atoms with E-state index in [1.165, 1.54) is 12.1 Å². The predicted molar refractivity (Wildman–Crippen MR) is 61.8 cm³/mol. The standard InChI is InChI=1S/C12H9BrFN/c13-10-6-9(10)12-3-1-7-5-8(14)2-4-11(7)15-12/h1-5,9-10H,6H2/t9-,10+/m1/s1. The number of benzene rings is 1. The van der Waals surface area contributed by atoms with Crippen molar-refractivity contribution in [3.8, 4) is 0 Å². The van der Waals surface area contributed by atoms with Crippen molar-refractivity contribution in [2.75, 3.05) is 0 Å². The van der Waals surface area contributed by atoms with Gasteiger partial charge in [0.2, 0.25) is 0 Å². The highest BCUT2D eigenvalue weighted by atomic mass is 79.9. The summed E-state index contributed by atoms with van der Waals surface area (Å²) in [5, 5.41) is 0.866. The van der Waals surface area contributed by atoms with Crippen molar-refractivity contribution in [1.82, 2.24) is 4.98 Å². The van der Waals surface area contributed by atoms with Crippen LogP contribution in [0.2, 0.25) is 0 Å². The first-order valence-electron chi connectivity index (χ1n) is 4.94. The van der Waals surface area contributed by atoms with E-state index >= 15 is 0 Å². The quantitative estimate of drug-likeness (QED) is 0.718. The smallest absolute Gasteiger partial charge is 0.123 e. The van der Waals surface area contributed by atoms with E-state index in [1.54, 1.807) is 6.07 Å². The lowest BCUT2D eigenvalue weighted by molar-refractivity contribution is 0.629. The first-order valence-corrected chi connectivity index (χ1v) is 5.86. The third kappa shape index (κ3) is 1.65. The van der Waals surface area contributed by atoms with Gasteiger partial charge in [-0.2, -0.15) is 0 Å². The maximum absolute atomic E-state index is 12.9. The summed E-state index contributed by atoms with van der Waals surface area (Å²) in [4.78, 5) is 5.10. The van der Waals surface area contributed by atoms with Crippen molar-refractivity contribution in [2.24, 2.45) is 0 Å². The minimum Gasteiger partial charge on any atom is -0.253 e. The molecule has 0 aliphatic heterocycles. The fraction of sp³-hybridized carbons (Fsp3) is 0.250. The summed E-state index contributed by atoms with van der Waals surface area (Å²) in [5.74, 6) is 0.335. The second-order valence-electron chi connectivity index (χ2n) is 3.93. The van der Waals surface area contributed by atoms with Gasteiger partial charge in [-0.05, 0) is 30.7 Å². The molecule has 2 aromatic rings. The Hall–Kier alpha value is -0.960. The van der Waals surface area contributed by atoms with Crippen LogP contribution in [-0.4, -0.2) is 9.81 Å². The zero-order chi connectivity index (χ0) is 10.4. The Bertz CT molecular complexity index is 526. The fourth-order valence-electron chi connectivity index (χ4n) is 1.79. The average molecular weight is 266 g/mol. The number of hydrogen-bond donors (Lipinski definition) is 0. The molecular formula is C12H9BrFN. The highest BCUT2D eigenvalue weighted by Gasteiger charge is 2.37. The molecule has 1 aliphatic rings. The molecule has 1 nitrogen and oxygen atoms in total.